The van der Waals surface area contributed by atoms with Crippen LogP contribution in [-0.4, -0.2) is 38.3 Å². The molecule has 1 N–H and O–H groups in total. The Bertz CT molecular complexity index is 1020. The highest BCUT2D eigenvalue weighted by atomic mass is 35.5. The van der Waals surface area contributed by atoms with E-state index in [-0.39, 0.29) is 21.5 Å². The van der Waals surface area contributed by atoms with E-state index in [0.717, 1.165) is 5.56 Å². The number of sulfonamides is 1. The van der Waals surface area contributed by atoms with Crippen LogP contribution in [0.15, 0.2) is 41.3 Å². The van der Waals surface area contributed by atoms with E-state index in [9.17, 15) is 13.2 Å². The van der Waals surface area contributed by atoms with Gasteiger partial charge in [-0.1, -0.05) is 49.2 Å². The van der Waals surface area contributed by atoms with Gasteiger partial charge in [-0.2, -0.15) is 4.31 Å². The molecule has 1 heterocycles. The molecule has 1 unspecified atom stereocenters. The van der Waals surface area contributed by atoms with E-state index in [4.69, 9.17) is 27.9 Å². The Balaban J connectivity index is 1.90. The largest absolute Gasteiger partial charge is 0.492 e. The highest BCUT2D eigenvalue weighted by Crippen LogP contribution is 2.37. The van der Waals surface area contributed by atoms with Crippen molar-refractivity contribution >= 4 is 39.1 Å². The summed E-state index contributed by atoms with van der Waals surface area (Å²) in [5, 5.41) is 3.51. The third kappa shape index (κ3) is 4.38. The molecule has 0 saturated carbocycles. The van der Waals surface area contributed by atoms with Crippen LogP contribution in [0.3, 0.4) is 0 Å². The molecular weight excluding hydrogens is 435 g/mol. The van der Waals surface area contributed by atoms with E-state index in [0.29, 0.717) is 36.9 Å². The van der Waals surface area contributed by atoms with Gasteiger partial charge in [0, 0.05) is 30.6 Å². The molecule has 0 aliphatic carbocycles. The number of ether oxygens (including phenoxy) is 1. The Morgan fingerprint density at radius 3 is 2.59 bits per heavy atom. The van der Waals surface area contributed by atoms with Gasteiger partial charge in [0.1, 0.15) is 10.6 Å². The zero-order valence-electron chi connectivity index (χ0n) is 16.1. The van der Waals surface area contributed by atoms with Gasteiger partial charge in [-0.05, 0) is 24.3 Å². The van der Waals surface area contributed by atoms with Crippen LogP contribution in [0.5, 0.6) is 5.75 Å². The van der Waals surface area contributed by atoms with E-state index in [1.165, 1.54) is 22.5 Å². The van der Waals surface area contributed by atoms with Crippen LogP contribution in [0.4, 0.5) is 0 Å². The summed E-state index contributed by atoms with van der Waals surface area (Å²) >= 11 is 12.3. The Morgan fingerprint density at radius 2 is 1.90 bits per heavy atom. The van der Waals surface area contributed by atoms with Crippen molar-refractivity contribution in [3.63, 3.8) is 0 Å². The van der Waals surface area contributed by atoms with Gasteiger partial charge in [-0.15, -0.1) is 0 Å². The molecule has 2 aromatic rings. The quantitative estimate of drug-likeness (QED) is 0.703. The molecule has 1 aliphatic heterocycles. The lowest BCUT2D eigenvalue weighted by Gasteiger charge is -2.27. The molecule has 1 aliphatic rings. The van der Waals surface area contributed by atoms with Gasteiger partial charge in [0.2, 0.25) is 10.0 Å². The van der Waals surface area contributed by atoms with Gasteiger partial charge in [0.15, 0.2) is 0 Å². The maximum Gasteiger partial charge on any atom is 0.251 e. The van der Waals surface area contributed by atoms with Gasteiger partial charge >= 0.3 is 0 Å². The van der Waals surface area contributed by atoms with Crippen LogP contribution in [0.2, 0.25) is 10.0 Å². The van der Waals surface area contributed by atoms with Gasteiger partial charge in [0.05, 0.1) is 22.7 Å². The lowest BCUT2D eigenvalue weighted by atomic mass is 10.00. The molecule has 29 heavy (non-hydrogen) atoms. The fourth-order valence-corrected chi connectivity index (χ4v) is 5.52. The van der Waals surface area contributed by atoms with Crippen molar-refractivity contribution in [2.24, 2.45) is 0 Å². The molecule has 1 atom stereocenters. The van der Waals surface area contributed by atoms with E-state index in [1.807, 2.05) is 6.07 Å². The SMILES string of the molecule is CCN(CC)S(=O)(=O)c1cc(C(=O)NC2CCOc3c(Cl)cccc32)ccc1Cl. The second kappa shape index (κ2) is 8.92. The van der Waals surface area contributed by atoms with E-state index < -0.39 is 15.9 Å². The number of halogens is 2. The summed E-state index contributed by atoms with van der Waals surface area (Å²) < 4.78 is 32.6. The average molecular weight is 457 g/mol. The number of carbonyl (C=O) groups is 1. The van der Waals surface area contributed by atoms with Crippen molar-refractivity contribution in [1.29, 1.82) is 0 Å². The van der Waals surface area contributed by atoms with E-state index in [2.05, 4.69) is 5.32 Å². The number of nitrogens with zero attached hydrogens (tertiary/aromatic N) is 1. The summed E-state index contributed by atoms with van der Waals surface area (Å²) in [5.74, 6) is 0.169. The third-order valence-corrected chi connectivity index (χ3v) is 7.68. The van der Waals surface area contributed by atoms with Crippen LogP contribution in [-0.2, 0) is 10.0 Å². The molecule has 0 saturated heterocycles. The summed E-state index contributed by atoms with van der Waals surface area (Å²) in [6.07, 6.45) is 0.581. The zero-order valence-corrected chi connectivity index (χ0v) is 18.4. The first-order valence-corrected chi connectivity index (χ1v) is 11.5. The molecule has 0 bridgehead atoms. The third-order valence-electron chi connectivity index (χ3n) is 4.85. The monoisotopic (exact) mass is 456 g/mol. The lowest BCUT2D eigenvalue weighted by Crippen LogP contribution is -2.33. The molecule has 3 rings (SSSR count). The Hall–Kier alpha value is -1.80. The smallest absolute Gasteiger partial charge is 0.251 e. The van der Waals surface area contributed by atoms with Gasteiger partial charge in [-0.25, -0.2) is 8.42 Å². The zero-order chi connectivity index (χ0) is 21.2. The second-order valence-corrected chi connectivity index (χ2v) is 9.28. The Morgan fingerprint density at radius 1 is 1.17 bits per heavy atom. The van der Waals surface area contributed by atoms with Crippen molar-refractivity contribution in [1.82, 2.24) is 9.62 Å². The minimum atomic E-state index is -3.79. The number of fused-ring (bicyclic) bond motifs is 1. The number of para-hydroxylation sites is 1. The minimum Gasteiger partial charge on any atom is -0.492 e. The van der Waals surface area contributed by atoms with Crippen LogP contribution < -0.4 is 10.1 Å². The number of benzene rings is 2. The molecule has 2 aromatic carbocycles. The van der Waals surface area contributed by atoms with Crippen LogP contribution in [0, 0.1) is 0 Å². The number of nitrogens with one attached hydrogen (secondary N) is 1. The van der Waals surface area contributed by atoms with Crippen LogP contribution in [0.1, 0.15) is 42.2 Å². The normalized spacial score (nSPS) is 16.2. The number of carbonyl (C=O) groups excluding carboxylic acids is 1. The van der Waals surface area contributed by atoms with Crippen LogP contribution in [0.25, 0.3) is 0 Å². The first-order valence-electron chi connectivity index (χ1n) is 9.31. The number of amides is 1. The number of hydrogen-bond acceptors (Lipinski definition) is 4. The number of rotatable bonds is 6. The van der Waals surface area contributed by atoms with E-state index in [1.54, 1.807) is 26.0 Å². The molecule has 0 spiro atoms. The average Bonchev–Trinajstić information content (AvgIpc) is 2.69. The predicted molar refractivity (Wildman–Crippen MR) is 113 cm³/mol. The van der Waals surface area contributed by atoms with Gasteiger partial charge in [0.25, 0.3) is 5.91 Å². The first kappa shape index (κ1) is 21.9. The molecule has 0 radical (unpaired) electrons. The predicted octanol–water partition coefficient (Wildman–Crippen LogP) is 4.28. The van der Waals surface area contributed by atoms with Gasteiger partial charge in [-0.3, -0.25) is 4.79 Å². The standard InChI is InChI=1S/C20H22Cl2N2O4S/c1-3-24(4-2)29(26,27)18-12-13(8-9-15(18)21)20(25)23-17-10-11-28-19-14(17)6-5-7-16(19)22/h5-9,12,17H,3-4,10-11H2,1-2H3,(H,23,25). The van der Waals surface area contributed by atoms with Crippen LogP contribution >= 0.6 is 23.2 Å². The highest BCUT2D eigenvalue weighted by Gasteiger charge is 2.28. The maximum absolute atomic E-state index is 12.9. The Labute approximate surface area is 180 Å². The summed E-state index contributed by atoms with van der Waals surface area (Å²) in [6, 6.07) is 9.36. The molecule has 9 heteroatoms. The fourth-order valence-electron chi connectivity index (χ4n) is 3.32. The van der Waals surface area contributed by atoms with Crippen molar-refractivity contribution in [3.8, 4) is 5.75 Å². The fraction of sp³-hybridized carbons (Fsp3) is 0.350. The molecular formula is C20H22Cl2N2O4S. The summed E-state index contributed by atoms with van der Waals surface area (Å²) in [5.41, 5.74) is 1.01. The number of hydrogen-bond donors (Lipinski definition) is 1. The highest BCUT2D eigenvalue weighted by molar-refractivity contribution is 7.89. The minimum absolute atomic E-state index is 0.0778. The molecule has 156 valence electrons. The maximum atomic E-state index is 12.9. The van der Waals surface area contributed by atoms with Crippen molar-refractivity contribution in [3.05, 3.63) is 57.6 Å². The topological polar surface area (TPSA) is 75.7 Å². The molecule has 0 aromatic heterocycles. The van der Waals surface area contributed by atoms with Gasteiger partial charge < -0.3 is 10.1 Å². The first-order chi connectivity index (χ1) is 13.8. The second-order valence-electron chi connectivity index (χ2n) is 6.56. The summed E-state index contributed by atoms with van der Waals surface area (Å²) in [6.45, 7) is 4.54. The van der Waals surface area contributed by atoms with E-state index >= 15 is 0 Å². The summed E-state index contributed by atoms with van der Waals surface area (Å²) in [4.78, 5) is 12.8. The summed E-state index contributed by atoms with van der Waals surface area (Å²) in [7, 11) is -3.79. The molecule has 1 amide bonds. The van der Waals surface area contributed by atoms with Crippen molar-refractivity contribution in [2.75, 3.05) is 19.7 Å². The lowest BCUT2D eigenvalue weighted by molar-refractivity contribution is 0.0924. The van der Waals surface area contributed by atoms with Crippen molar-refractivity contribution < 1.29 is 17.9 Å². The Kier molecular flexibility index (Phi) is 6.73. The molecule has 6 nitrogen and oxygen atoms in total. The van der Waals surface area contributed by atoms with Crippen molar-refractivity contribution in [2.45, 2.75) is 31.2 Å². The molecule has 0 fully saturated rings.